The van der Waals surface area contributed by atoms with E-state index in [0.717, 1.165) is 41.8 Å². The maximum absolute atomic E-state index is 5.97. The number of hydrogen-bond donors (Lipinski definition) is 1. The Kier molecular flexibility index (Phi) is 5.75. The molecule has 0 spiro atoms. The lowest BCUT2D eigenvalue weighted by Gasteiger charge is -2.28. The van der Waals surface area contributed by atoms with Crippen LogP contribution < -0.4 is 15.0 Å². The number of aromatic nitrogens is 6. The maximum Gasteiger partial charge on any atom is 0.234 e. The molecule has 10 heteroatoms. The van der Waals surface area contributed by atoms with Crippen molar-refractivity contribution in [1.82, 2.24) is 29.7 Å². The molecule has 10 nitrogen and oxygen atoms in total. The van der Waals surface area contributed by atoms with Gasteiger partial charge in [0.15, 0.2) is 0 Å². The van der Waals surface area contributed by atoms with E-state index < -0.39 is 0 Å². The summed E-state index contributed by atoms with van der Waals surface area (Å²) in [4.78, 5) is 20.3. The van der Waals surface area contributed by atoms with Crippen molar-refractivity contribution in [3.63, 3.8) is 0 Å². The van der Waals surface area contributed by atoms with Gasteiger partial charge >= 0.3 is 0 Å². The molecule has 4 heterocycles. The number of anilines is 3. The summed E-state index contributed by atoms with van der Waals surface area (Å²) < 4.78 is 13.2. The van der Waals surface area contributed by atoms with Crippen molar-refractivity contribution in [3.8, 4) is 5.88 Å². The fourth-order valence-corrected chi connectivity index (χ4v) is 3.50. The van der Waals surface area contributed by atoms with E-state index in [9.17, 15) is 0 Å². The summed E-state index contributed by atoms with van der Waals surface area (Å²) in [5.41, 5.74) is 1.96. The van der Waals surface area contributed by atoms with Crippen LogP contribution >= 0.6 is 0 Å². The Morgan fingerprint density at radius 1 is 1.09 bits per heavy atom. The van der Waals surface area contributed by atoms with Gasteiger partial charge < -0.3 is 14.4 Å². The van der Waals surface area contributed by atoms with Crippen molar-refractivity contribution in [2.45, 2.75) is 6.42 Å². The SMILES string of the molecule is Cn1cc(CCOc2cc(N3CCOCC3)nc(Nc3ncc4ccccc4n3)n2)cn1.[HH]. The Labute approximate surface area is 186 Å². The highest BCUT2D eigenvalue weighted by atomic mass is 16.5. The van der Waals surface area contributed by atoms with Crippen LogP contribution in [0.25, 0.3) is 10.9 Å². The third kappa shape index (κ3) is 4.75. The molecule has 1 saturated heterocycles. The monoisotopic (exact) mass is 434 g/mol. The molecule has 1 N–H and O–H groups in total. The Morgan fingerprint density at radius 3 is 2.81 bits per heavy atom. The molecule has 5 rings (SSSR count). The first-order valence-electron chi connectivity index (χ1n) is 10.5. The van der Waals surface area contributed by atoms with E-state index >= 15 is 0 Å². The predicted octanol–water partition coefficient (Wildman–Crippen LogP) is 2.60. The Balaban J connectivity index is 0.00000259. The van der Waals surface area contributed by atoms with Gasteiger partial charge in [-0.15, -0.1) is 0 Å². The zero-order chi connectivity index (χ0) is 21.8. The molecular weight excluding hydrogens is 408 g/mol. The van der Waals surface area contributed by atoms with Crippen LogP contribution in [-0.2, 0) is 18.2 Å². The van der Waals surface area contributed by atoms with Crippen molar-refractivity contribution in [1.29, 1.82) is 0 Å². The average molecular weight is 435 g/mol. The number of rotatable bonds is 7. The number of morpholine rings is 1. The number of nitrogens with one attached hydrogen (secondary N) is 1. The number of aryl methyl sites for hydroxylation is 1. The maximum atomic E-state index is 5.97. The van der Waals surface area contributed by atoms with Crippen LogP contribution in [0, 0.1) is 0 Å². The minimum Gasteiger partial charge on any atom is -0.477 e. The quantitative estimate of drug-likeness (QED) is 0.470. The molecule has 0 atom stereocenters. The van der Waals surface area contributed by atoms with Gasteiger partial charge in [-0.2, -0.15) is 15.1 Å². The standard InChI is InChI=1S/C22H24N8O2.H2/c1-29-15-16(13-24-29)6-9-32-20-12-19(30-7-10-31-11-8-30)26-22(27-20)28-21-23-14-17-4-2-3-5-18(17)25-21;/h2-5,12-15H,6-11H2,1H3,(H,23,25,26,27,28);1H. The Hall–Kier alpha value is -3.79. The molecule has 0 saturated carbocycles. The highest BCUT2D eigenvalue weighted by Gasteiger charge is 2.16. The second-order valence-corrected chi connectivity index (χ2v) is 7.49. The van der Waals surface area contributed by atoms with Gasteiger partial charge in [-0.1, -0.05) is 18.2 Å². The van der Waals surface area contributed by atoms with Gasteiger partial charge in [0.25, 0.3) is 0 Å². The van der Waals surface area contributed by atoms with Crippen molar-refractivity contribution < 1.29 is 10.9 Å². The first-order chi connectivity index (χ1) is 15.7. The molecule has 0 amide bonds. The minimum atomic E-state index is 0. The van der Waals surface area contributed by atoms with Crippen LogP contribution in [0.5, 0.6) is 5.88 Å². The topological polar surface area (TPSA) is 103 Å². The van der Waals surface area contributed by atoms with E-state index in [-0.39, 0.29) is 1.43 Å². The van der Waals surface area contributed by atoms with Crippen molar-refractivity contribution >= 4 is 28.6 Å². The fourth-order valence-electron chi connectivity index (χ4n) is 3.50. The molecule has 0 bridgehead atoms. The van der Waals surface area contributed by atoms with E-state index in [2.05, 4.69) is 35.3 Å². The van der Waals surface area contributed by atoms with Crippen molar-refractivity contribution in [2.75, 3.05) is 43.1 Å². The molecule has 1 fully saturated rings. The number of hydrogen-bond acceptors (Lipinski definition) is 9. The molecule has 32 heavy (non-hydrogen) atoms. The van der Waals surface area contributed by atoms with Crippen molar-refractivity contribution in [3.05, 3.63) is 54.5 Å². The number of fused-ring (bicyclic) bond motifs is 1. The van der Waals surface area contributed by atoms with Crippen LogP contribution in [0.2, 0.25) is 0 Å². The Morgan fingerprint density at radius 2 is 1.97 bits per heavy atom. The lowest BCUT2D eigenvalue weighted by molar-refractivity contribution is 0.122. The van der Waals surface area contributed by atoms with Crippen LogP contribution in [0.15, 0.2) is 48.9 Å². The van der Waals surface area contributed by atoms with E-state index in [4.69, 9.17) is 9.47 Å². The Bertz CT molecular complexity index is 1210. The summed E-state index contributed by atoms with van der Waals surface area (Å²) in [7, 11) is 1.90. The highest BCUT2D eigenvalue weighted by Crippen LogP contribution is 2.23. The van der Waals surface area contributed by atoms with E-state index in [0.29, 0.717) is 37.6 Å². The van der Waals surface area contributed by atoms with E-state index in [1.54, 1.807) is 10.9 Å². The first kappa shape index (κ1) is 20.1. The molecule has 0 radical (unpaired) electrons. The van der Waals surface area contributed by atoms with Crippen LogP contribution in [0.4, 0.5) is 17.7 Å². The second kappa shape index (κ2) is 9.15. The molecule has 3 aromatic heterocycles. The smallest absolute Gasteiger partial charge is 0.234 e. The molecule has 1 aromatic carbocycles. The van der Waals surface area contributed by atoms with Gasteiger partial charge in [-0.3, -0.25) is 10.00 Å². The molecule has 1 aliphatic rings. The van der Waals surface area contributed by atoms with E-state index in [1.165, 1.54) is 0 Å². The summed E-state index contributed by atoms with van der Waals surface area (Å²) >= 11 is 0. The van der Waals surface area contributed by atoms with Gasteiger partial charge in [0.1, 0.15) is 5.82 Å². The summed E-state index contributed by atoms with van der Waals surface area (Å²) in [5, 5.41) is 8.30. The number of ether oxygens (including phenoxy) is 2. The third-order valence-electron chi connectivity index (χ3n) is 5.14. The number of para-hydroxylation sites is 1. The van der Waals surface area contributed by atoms with Gasteiger partial charge in [0.05, 0.1) is 31.5 Å². The van der Waals surface area contributed by atoms with Gasteiger partial charge in [0.2, 0.25) is 17.8 Å². The predicted molar refractivity (Wildman–Crippen MR) is 122 cm³/mol. The number of nitrogens with zero attached hydrogens (tertiary/aromatic N) is 7. The van der Waals surface area contributed by atoms with Crippen LogP contribution in [-0.4, -0.2) is 62.6 Å². The zero-order valence-electron chi connectivity index (χ0n) is 17.8. The third-order valence-corrected chi connectivity index (χ3v) is 5.14. The van der Waals surface area contributed by atoms with Crippen LogP contribution in [0.1, 0.15) is 6.99 Å². The summed E-state index contributed by atoms with van der Waals surface area (Å²) in [6.45, 7) is 3.34. The molecule has 0 aliphatic carbocycles. The van der Waals surface area contributed by atoms with Gasteiger partial charge in [-0.05, 0) is 11.6 Å². The normalized spacial score (nSPS) is 14.0. The van der Waals surface area contributed by atoms with E-state index in [1.807, 2.05) is 49.8 Å². The van der Waals surface area contributed by atoms with Crippen molar-refractivity contribution in [2.24, 2.45) is 7.05 Å². The second-order valence-electron chi connectivity index (χ2n) is 7.49. The molecule has 1 aliphatic heterocycles. The molecule has 4 aromatic rings. The average Bonchev–Trinajstić information content (AvgIpc) is 3.24. The summed E-state index contributed by atoms with van der Waals surface area (Å²) in [6, 6.07) is 9.69. The molecule has 0 unspecified atom stereocenters. The summed E-state index contributed by atoms with van der Waals surface area (Å²) in [5.74, 6) is 2.10. The fraction of sp³-hybridized carbons (Fsp3) is 0.318. The van der Waals surface area contributed by atoms with Gasteiger partial charge in [0, 0.05) is 51.8 Å². The molecule has 166 valence electrons. The van der Waals surface area contributed by atoms with Crippen LogP contribution in [0.3, 0.4) is 0 Å². The largest absolute Gasteiger partial charge is 0.477 e. The highest BCUT2D eigenvalue weighted by molar-refractivity contribution is 5.78. The lowest BCUT2D eigenvalue weighted by Crippen LogP contribution is -2.36. The van der Waals surface area contributed by atoms with Gasteiger partial charge in [-0.25, -0.2) is 9.97 Å². The number of benzene rings is 1. The first-order valence-corrected chi connectivity index (χ1v) is 10.5. The molecular formula is C22H26N8O2. The lowest BCUT2D eigenvalue weighted by atomic mass is 10.2. The minimum absolute atomic E-state index is 0. The summed E-state index contributed by atoms with van der Waals surface area (Å²) in [6.07, 6.45) is 6.34. The zero-order valence-corrected chi connectivity index (χ0v) is 17.8.